The number of halogens is 1. The van der Waals surface area contributed by atoms with E-state index in [1.165, 1.54) is 0 Å². The monoisotopic (exact) mass is 551 g/mol. The van der Waals surface area contributed by atoms with Gasteiger partial charge in [-0.3, -0.25) is 19.8 Å². The smallest absolute Gasteiger partial charge is 0.303 e. The van der Waals surface area contributed by atoms with E-state index in [2.05, 4.69) is 0 Å². The number of carbonyl (C=O) groups is 2. The number of hydrogen-bond donors (Lipinski definition) is 3. The van der Waals surface area contributed by atoms with Crippen molar-refractivity contribution >= 4 is 41.2 Å². The lowest BCUT2D eigenvalue weighted by Crippen LogP contribution is -2.46. The highest BCUT2D eigenvalue weighted by Crippen LogP contribution is 2.54. The Morgan fingerprint density at radius 2 is 1.79 bits per heavy atom. The summed E-state index contributed by atoms with van der Waals surface area (Å²) in [5.41, 5.74) is 9.27. The summed E-state index contributed by atoms with van der Waals surface area (Å²) >= 11 is 0. The SMILES string of the molecule is Cl.Cn1c(=O)c(Cc2ccc(C(=N)N)cc2)nc2cc(C3(N(C(=O)CCC(=O)O)C4CCCC4)CC3)ccc21. The van der Waals surface area contributed by atoms with E-state index >= 15 is 0 Å². The van der Waals surface area contributed by atoms with Crippen molar-refractivity contribution in [2.75, 3.05) is 0 Å². The molecule has 206 valence electrons. The quantitative estimate of drug-likeness (QED) is 0.272. The van der Waals surface area contributed by atoms with Crippen LogP contribution in [0.4, 0.5) is 0 Å². The summed E-state index contributed by atoms with van der Waals surface area (Å²) in [6.45, 7) is 0. The summed E-state index contributed by atoms with van der Waals surface area (Å²) in [4.78, 5) is 44.4. The summed E-state index contributed by atoms with van der Waals surface area (Å²) < 4.78 is 1.61. The van der Waals surface area contributed by atoms with E-state index in [1.807, 2.05) is 35.2 Å². The lowest BCUT2D eigenvalue weighted by atomic mass is 9.98. The maximum absolute atomic E-state index is 13.4. The highest BCUT2D eigenvalue weighted by Gasteiger charge is 2.53. The van der Waals surface area contributed by atoms with E-state index in [4.69, 9.17) is 21.2 Å². The van der Waals surface area contributed by atoms with Crippen LogP contribution in [0.3, 0.4) is 0 Å². The number of amides is 1. The van der Waals surface area contributed by atoms with Crippen LogP contribution < -0.4 is 11.3 Å². The van der Waals surface area contributed by atoms with Crippen molar-refractivity contribution in [3.63, 3.8) is 0 Å². The number of nitrogens with one attached hydrogen (secondary N) is 1. The molecule has 5 rings (SSSR count). The molecule has 0 radical (unpaired) electrons. The first kappa shape index (κ1) is 28.3. The van der Waals surface area contributed by atoms with Gasteiger partial charge in [-0.25, -0.2) is 4.98 Å². The van der Waals surface area contributed by atoms with E-state index < -0.39 is 11.5 Å². The number of carboxylic acid groups (broad SMARTS) is 1. The lowest BCUT2D eigenvalue weighted by Gasteiger charge is -2.38. The molecule has 2 aliphatic carbocycles. The number of carboxylic acids is 1. The average molecular weight is 552 g/mol. The summed E-state index contributed by atoms with van der Waals surface area (Å²) in [5.74, 6) is -1.07. The van der Waals surface area contributed by atoms with Crippen LogP contribution in [0.5, 0.6) is 0 Å². The predicted molar refractivity (Wildman–Crippen MR) is 151 cm³/mol. The third-order valence-electron chi connectivity index (χ3n) is 8.01. The number of nitrogens with two attached hydrogens (primary N) is 1. The zero-order chi connectivity index (χ0) is 27.0. The zero-order valence-electron chi connectivity index (χ0n) is 22.0. The van der Waals surface area contributed by atoms with Gasteiger partial charge in [0.25, 0.3) is 5.56 Å². The summed E-state index contributed by atoms with van der Waals surface area (Å²) in [6, 6.07) is 13.2. The fourth-order valence-corrected chi connectivity index (χ4v) is 5.87. The number of aromatic nitrogens is 2. The van der Waals surface area contributed by atoms with E-state index in [0.29, 0.717) is 23.2 Å². The van der Waals surface area contributed by atoms with Gasteiger partial charge >= 0.3 is 5.97 Å². The highest BCUT2D eigenvalue weighted by molar-refractivity contribution is 5.94. The van der Waals surface area contributed by atoms with Gasteiger partial charge < -0.3 is 20.3 Å². The molecule has 2 aliphatic rings. The van der Waals surface area contributed by atoms with E-state index in [-0.39, 0.29) is 48.6 Å². The number of carbonyl (C=O) groups excluding carboxylic acids is 1. The second-order valence-electron chi connectivity index (χ2n) is 10.5. The maximum Gasteiger partial charge on any atom is 0.303 e. The first-order valence-electron chi connectivity index (χ1n) is 13.2. The topological polar surface area (TPSA) is 142 Å². The highest BCUT2D eigenvalue weighted by atomic mass is 35.5. The average Bonchev–Trinajstić information content (AvgIpc) is 3.51. The van der Waals surface area contributed by atoms with Gasteiger partial charge in [0.1, 0.15) is 11.5 Å². The van der Waals surface area contributed by atoms with Crippen LogP contribution in [-0.2, 0) is 28.6 Å². The lowest BCUT2D eigenvalue weighted by molar-refractivity contribution is -0.143. The summed E-state index contributed by atoms with van der Waals surface area (Å²) in [7, 11) is 1.74. The number of amidine groups is 1. The molecule has 1 amide bonds. The van der Waals surface area contributed by atoms with E-state index in [9.17, 15) is 14.4 Å². The molecule has 0 aliphatic heterocycles. The Balaban J connectivity index is 0.00000353. The Hall–Kier alpha value is -3.72. The van der Waals surface area contributed by atoms with Crippen molar-refractivity contribution in [1.29, 1.82) is 5.41 Å². The second-order valence-corrected chi connectivity index (χ2v) is 10.5. The number of hydrogen-bond acceptors (Lipinski definition) is 5. The van der Waals surface area contributed by atoms with Crippen LogP contribution in [0, 0.1) is 5.41 Å². The Morgan fingerprint density at radius 3 is 2.38 bits per heavy atom. The van der Waals surface area contributed by atoms with Crippen LogP contribution in [0.1, 0.15) is 73.8 Å². The maximum atomic E-state index is 13.4. The predicted octanol–water partition coefficient (Wildman–Crippen LogP) is 3.86. The molecule has 0 bridgehead atoms. The van der Waals surface area contributed by atoms with E-state index in [0.717, 1.165) is 55.2 Å². The second kappa shape index (κ2) is 11.2. The van der Waals surface area contributed by atoms with Crippen LogP contribution in [0.15, 0.2) is 47.3 Å². The van der Waals surface area contributed by atoms with Crippen molar-refractivity contribution in [2.45, 2.75) is 69.4 Å². The molecule has 4 N–H and O–H groups in total. The zero-order valence-corrected chi connectivity index (χ0v) is 22.8. The van der Waals surface area contributed by atoms with Crippen LogP contribution in [-0.4, -0.2) is 43.3 Å². The van der Waals surface area contributed by atoms with Crippen molar-refractivity contribution in [1.82, 2.24) is 14.5 Å². The molecule has 2 fully saturated rings. The molecular formula is C29H34ClN5O4. The van der Waals surface area contributed by atoms with Crippen molar-refractivity contribution in [3.05, 3.63) is 75.2 Å². The molecule has 1 heterocycles. The summed E-state index contributed by atoms with van der Waals surface area (Å²) in [5, 5.41) is 16.7. The van der Waals surface area contributed by atoms with Gasteiger partial charge in [0.2, 0.25) is 5.91 Å². The number of nitrogens with zero attached hydrogens (tertiary/aromatic N) is 3. The molecule has 9 nitrogen and oxygen atoms in total. The molecule has 1 aromatic heterocycles. The molecule has 2 aromatic carbocycles. The number of nitrogen functional groups attached to an aromatic ring is 1. The summed E-state index contributed by atoms with van der Waals surface area (Å²) in [6.07, 6.45) is 5.85. The number of aliphatic carboxylic acids is 1. The molecule has 0 unspecified atom stereocenters. The first-order valence-corrected chi connectivity index (χ1v) is 13.2. The number of aryl methyl sites for hydroxylation is 1. The van der Waals surface area contributed by atoms with Gasteiger partial charge in [0.05, 0.1) is 23.0 Å². The van der Waals surface area contributed by atoms with Crippen LogP contribution in [0.25, 0.3) is 11.0 Å². The molecule has 0 spiro atoms. The van der Waals surface area contributed by atoms with Crippen molar-refractivity contribution in [2.24, 2.45) is 12.8 Å². The minimum atomic E-state index is -0.964. The fraction of sp³-hybridized carbons (Fsp3) is 0.414. The van der Waals surface area contributed by atoms with Gasteiger partial charge in [-0.1, -0.05) is 43.2 Å². The number of benzene rings is 2. The largest absolute Gasteiger partial charge is 0.481 e. The minimum Gasteiger partial charge on any atom is -0.481 e. The Bertz CT molecular complexity index is 1470. The third kappa shape index (κ3) is 5.54. The Labute approximate surface area is 232 Å². The van der Waals surface area contributed by atoms with Gasteiger partial charge in [-0.15, -0.1) is 12.4 Å². The first-order chi connectivity index (χ1) is 18.2. The van der Waals surface area contributed by atoms with Gasteiger partial charge in [-0.2, -0.15) is 0 Å². The van der Waals surface area contributed by atoms with Gasteiger partial charge in [0, 0.05) is 31.5 Å². The van der Waals surface area contributed by atoms with Crippen molar-refractivity contribution in [3.8, 4) is 0 Å². The van der Waals surface area contributed by atoms with Gasteiger partial charge in [0.15, 0.2) is 0 Å². The molecule has 3 aromatic rings. The Morgan fingerprint density at radius 1 is 1.13 bits per heavy atom. The molecule has 10 heteroatoms. The Kier molecular flexibility index (Phi) is 8.11. The van der Waals surface area contributed by atoms with Gasteiger partial charge in [-0.05, 0) is 48.9 Å². The normalized spacial score (nSPS) is 16.0. The molecule has 0 saturated heterocycles. The fourth-order valence-electron chi connectivity index (χ4n) is 5.87. The van der Waals surface area contributed by atoms with E-state index in [1.54, 1.807) is 23.7 Å². The third-order valence-corrected chi connectivity index (χ3v) is 8.01. The molecule has 39 heavy (non-hydrogen) atoms. The molecular weight excluding hydrogens is 518 g/mol. The molecule has 2 saturated carbocycles. The number of rotatable bonds is 9. The number of fused-ring (bicyclic) bond motifs is 1. The minimum absolute atomic E-state index is 0. The van der Waals surface area contributed by atoms with Crippen LogP contribution in [0.2, 0.25) is 0 Å². The van der Waals surface area contributed by atoms with Crippen molar-refractivity contribution < 1.29 is 14.7 Å². The molecule has 0 atom stereocenters. The standard InChI is InChI=1S/C29H33N5O4.ClH/c1-33-24-11-10-20(29(14-15-29)34(21-4-2-3-5-21)25(35)12-13-26(36)37)17-22(24)32-23(28(33)38)16-18-6-8-19(9-7-18)27(30)31;/h6-11,17,21H,2-5,12-16H2,1H3,(H3,30,31)(H,36,37);1H. The van der Waals surface area contributed by atoms with Crippen LogP contribution >= 0.6 is 12.4 Å².